The molecule has 0 fully saturated rings. The maximum absolute atomic E-state index is 11.8. The van der Waals surface area contributed by atoms with Crippen LogP contribution in [0.15, 0.2) is 30.3 Å². The van der Waals surface area contributed by atoms with Gasteiger partial charge in [0.15, 0.2) is 0 Å². The molecule has 0 saturated carbocycles. The smallest absolute Gasteiger partial charge is 0.239 e. The molecule has 0 aliphatic heterocycles. The van der Waals surface area contributed by atoms with Crippen molar-refractivity contribution in [2.45, 2.75) is 26.8 Å². The van der Waals surface area contributed by atoms with E-state index in [0.717, 1.165) is 30.0 Å². The van der Waals surface area contributed by atoms with Gasteiger partial charge in [-0.3, -0.25) is 9.48 Å². The molecule has 2 rings (SSSR count). The average molecular weight is 311 g/mol. The van der Waals surface area contributed by atoms with Crippen molar-refractivity contribution in [3.8, 4) is 6.07 Å². The maximum atomic E-state index is 11.8. The predicted molar refractivity (Wildman–Crippen MR) is 89.0 cm³/mol. The minimum Gasteiger partial charge on any atom is -0.376 e. The summed E-state index contributed by atoms with van der Waals surface area (Å²) < 4.78 is 1.95. The van der Waals surface area contributed by atoms with E-state index in [1.165, 1.54) is 0 Å². The van der Waals surface area contributed by atoms with Gasteiger partial charge in [0.05, 0.1) is 23.9 Å². The van der Waals surface area contributed by atoms with E-state index in [2.05, 4.69) is 21.8 Å². The van der Waals surface area contributed by atoms with E-state index in [-0.39, 0.29) is 12.5 Å². The number of hydrogen-bond donors (Lipinski definition) is 2. The van der Waals surface area contributed by atoms with Crippen molar-refractivity contribution < 1.29 is 4.79 Å². The molecule has 0 atom stereocenters. The lowest BCUT2D eigenvalue weighted by Crippen LogP contribution is -2.31. The van der Waals surface area contributed by atoms with E-state index < -0.39 is 0 Å². The zero-order chi connectivity index (χ0) is 16.7. The molecule has 0 saturated heterocycles. The highest BCUT2D eigenvalue weighted by Crippen LogP contribution is 2.08. The Bertz CT molecular complexity index is 697. The number of aryl methyl sites for hydroxylation is 3. The first-order valence-corrected chi connectivity index (χ1v) is 7.60. The van der Waals surface area contributed by atoms with Gasteiger partial charge < -0.3 is 10.6 Å². The number of anilines is 1. The van der Waals surface area contributed by atoms with E-state index in [4.69, 9.17) is 5.26 Å². The molecule has 0 aliphatic carbocycles. The van der Waals surface area contributed by atoms with Crippen molar-refractivity contribution in [2.75, 3.05) is 18.4 Å². The van der Waals surface area contributed by atoms with E-state index in [1.54, 1.807) is 24.3 Å². The summed E-state index contributed by atoms with van der Waals surface area (Å²) in [6.45, 7) is 5.63. The first kappa shape index (κ1) is 16.6. The standard InChI is InChI=1S/C17H21N5O/c1-13-10-14(2)22(21-13)9-3-8-19-17(23)12-20-16-6-4-15(11-18)5-7-16/h4-7,10,20H,3,8-9,12H2,1-2H3,(H,19,23). The minimum atomic E-state index is -0.0530. The fourth-order valence-electron chi connectivity index (χ4n) is 2.27. The van der Waals surface area contributed by atoms with E-state index in [0.29, 0.717) is 12.1 Å². The third-order valence-electron chi connectivity index (χ3n) is 3.44. The van der Waals surface area contributed by atoms with Crippen LogP contribution in [0.1, 0.15) is 23.4 Å². The Morgan fingerprint density at radius 2 is 2.04 bits per heavy atom. The van der Waals surface area contributed by atoms with Crippen LogP contribution in [0.25, 0.3) is 0 Å². The van der Waals surface area contributed by atoms with Crippen molar-refractivity contribution in [1.82, 2.24) is 15.1 Å². The first-order valence-electron chi connectivity index (χ1n) is 7.60. The highest BCUT2D eigenvalue weighted by Gasteiger charge is 2.03. The van der Waals surface area contributed by atoms with Gasteiger partial charge in [-0.1, -0.05) is 0 Å². The first-order chi connectivity index (χ1) is 11.1. The third-order valence-corrected chi connectivity index (χ3v) is 3.44. The third kappa shape index (κ3) is 5.15. The van der Waals surface area contributed by atoms with Gasteiger partial charge in [0, 0.05) is 24.5 Å². The average Bonchev–Trinajstić information content (AvgIpc) is 2.87. The maximum Gasteiger partial charge on any atom is 0.239 e. The number of carbonyl (C=O) groups is 1. The Labute approximate surface area is 136 Å². The normalized spacial score (nSPS) is 10.1. The molecular formula is C17H21N5O. The Kier molecular flexibility index (Phi) is 5.75. The summed E-state index contributed by atoms with van der Waals surface area (Å²) in [5.74, 6) is -0.0530. The molecule has 6 nitrogen and oxygen atoms in total. The van der Waals surface area contributed by atoms with E-state index in [1.807, 2.05) is 24.6 Å². The highest BCUT2D eigenvalue weighted by atomic mass is 16.1. The van der Waals surface area contributed by atoms with Crippen LogP contribution in [0.3, 0.4) is 0 Å². The van der Waals surface area contributed by atoms with Crippen LogP contribution in [-0.2, 0) is 11.3 Å². The summed E-state index contributed by atoms with van der Waals surface area (Å²) in [6.07, 6.45) is 0.838. The molecule has 0 unspecified atom stereocenters. The number of aromatic nitrogens is 2. The van der Waals surface area contributed by atoms with E-state index in [9.17, 15) is 4.79 Å². The summed E-state index contributed by atoms with van der Waals surface area (Å²) in [5.41, 5.74) is 3.57. The van der Waals surface area contributed by atoms with Gasteiger partial charge in [-0.25, -0.2) is 0 Å². The van der Waals surface area contributed by atoms with Gasteiger partial charge in [0.2, 0.25) is 5.91 Å². The minimum absolute atomic E-state index is 0.0530. The molecular weight excluding hydrogens is 290 g/mol. The number of hydrogen-bond acceptors (Lipinski definition) is 4. The van der Waals surface area contributed by atoms with Crippen LogP contribution in [0.5, 0.6) is 0 Å². The molecule has 2 aromatic rings. The van der Waals surface area contributed by atoms with Crippen LogP contribution < -0.4 is 10.6 Å². The van der Waals surface area contributed by atoms with Gasteiger partial charge in [-0.2, -0.15) is 10.4 Å². The summed E-state index contributed by atoms with van der Waals surface area (Å²) in [6, 6.07) is 11.1. The van der Waals surface area contributed by atoms with Crippen LogP contribution >= 0.6 is 0 Å². The van der Waals surface area contributed by atoms with Gasteiger partial charge in [0.25, 0.3) is 0 Å². The number of amides is 1. The van der Waals surface area contributed by atoms with E-state index >= 15 is 0 Å². The number of benzene rings is 1. The second-order valence-electron chi connectivity index (χ2n) is 5.40. The van der Waals surface area contributed by atoms with Gasteiger partial charge >= 0.3 is 0 Å². The number of nitrogens with one attached hydrogen (secondary N) is 2. The second kappa shape index (κ2) is 7.99. The van der Waals surface area contributed by atoms with Crippen molar-refractivity contribution in [2.24, 2.45) is 0 Å². The Morgan fingerprint density at radius 3 is 2.65 bits per heavy atom. The molecule has 1 amide bonds. The molecule has 2 N–H and O–H groups in total. The molecule has 0 radical (unpaired) electrons. The summed E-state index contributed by atoms with van der Waals surface area (Å²) in [5, 5.41) is 19.0. The molecule has 0 bridgehead atoms. The fourth-order valence-corrected chi connectivity index (χ4v) is 2.27. The monoisotopic (exact) mass is 311 g/mol. The Hall–Kier alpha value is -2.81. The van der Waals surface area contributed by atoms with Crippen molar-refractivity contribution in [3.05, 3.63) is 47.3 Å². The molecule has 120 valence electrons. The second-order valence-corrected chi connectivity index (χ2v) is 5.40. The summed E-state index contributed by atoms with van der Waals surface area (Å²) in [4.78, 5) is 11.8. The molecule has 23 heavy (non-hydrogen) atoms. The molecule has 1 heterocycles. The van der Waals surface area contributed by atoms with Gasteiger partial charge in [-0.15, -0.1) is 0 Å². The summed E-state index contributed by atoms with van der Waals surface area (Å²) in [7, 11) is 0. The Balaban J connectivity index is 1.65. The summed E-state index contributed by atoms with van der Waals surface area (Å²) >= 11 is 0. The van der Waals surface area contributed by atoms with Crippen molar-refractivity contribution in [3.63, 3.8) is 0 Å². The molecule has 1 aromatic carbocycles. The SMILES string of the molecule is Cc1cc(C)n(CCCNC(=O)CNc2ccc(C#N)cc2)n1. The lowest BCUT2D eigenvalue weighted by atomic mass is 10.2. The number of nitrogens with zero attached hydrogens (tertiary/aromatic N) is 3. The molecule has 0 aliphatic rings. The fraction of sp³-hybridized carbons (Fsp3) is 0.353. The van der Waals surface area contributed by atoms with Gasteiger partial charge in [-0.05, 0) is 50.6 Å². The number of rotatable bonds is 7. The number of nitriles is 1. The quantitative estimate of drug-likeness (QED) is 0.766. The number of carbonyl (C=O) groups excluding carboxylic acids is 1. The zero-order valence-electron chi connectivity index (χ0n) is 13.5. The van der Waals surface area contributed by atoms with Crippen molar-refractivity contribution >= 4 is 11.6 Å². The van der Waals surface area contributed by atoms with Crippen LogP contribution in [0.2, 0.25) is 0 Å². The van der Waals surface area contributed by atoms with Gasteiger partial charge in [0.1, 0.15) is 0 Å². The van der Waals surface area contributed by atoms with Crippen LogP contribution in [-0.4, -0.2) is 28.8 Å². The molecule has 6 heteroatoms. The zero-order valence-corrected chi connectivity index (χ0v) is 13.5. The van der Waals surface area contributed by atoms with Crippen LogP contribution in [0.4, 0.5) is 5.69 Å². The van der Waals surface area contributed by atoms with Crippen LogP contribution in [0, 0.1) is 25.2 Å². The lowest BCUT2D eigenvalue weighted by Gasteiger charge is -2.08. The molecule has 0 spiro atoms. The van der Waals surface area contributed by atoms with Crippen molar-refractivity contribution in [1.29, 1.82) is 5.26 Å². The Morgan fingerprint density at radius 1 is 1.30 bits per heavy atom. The largest absolute Gasteiger partial charge is 0.376 e. The highest BCUT2D eigenvalue weighted by molar-refractivity contribution is 5.80. The topological polar surface area (TPSA) is 82.7 Å². The lowest BCUT2D eigenvalue weighted by molar-refractivity contribution is -0.119. The molecule has 1 aromatic heterocycles. The predicted octanol–water partition coefficient (Wildman–Crippen LogP) is 1.99.